The number of halogens is 3. The van der Waals surface area contributed by atoms with E-state index in [1.807, 2.05) is 0 Å². The highest BCUT2D eigenvalue weighted by molar-refractivity contribution is 5.82. The third-order valence-corrected chi connectivity index (χ3v) is 3.36. The van der Waals surface area contributed by atoms with Gasteiger partial charge in [0.05, 0.1) is 0 Å². The van der Waals surface area contributed by atoms with Gasteiger partial charge in [0.2, 0.25) is 0 Å². The quantitative estimate of drug-likeness (QED) is 0.787. The van der Waals surface area contributed by atoms with E-state index in [1.165, 1.54) is 6.07 Å². The molecule has 0 saturated heterocycles. The Bertz CT molecular complexity index is 499. The molecule has 104 valence electrons. The van der Waals surface area contributed by atoms with Gasteiger partial charge in [-0.1, -0.05) is 6.07 Å². The fourth-order valence-electron chi connectivity index (χ4n) is 2.40. The Balaban J connectivity index is 2.25. The summed E-state index contributed by atoms with van der Waals surface area (Å²) in [6, 6.07) is 4.24. The lowest BCUT2D eigenvalue weighted by molar-refractivity contribution is -0.187. The maximum absolute atomic E-state index is 12.5. The van der Waals surface area contributed by atoms with Gasteiger partial charge >= 0.3 is 12.1 Å². The van der Waals surface area contributed by atoms with E-state index < -0.39 is 18.1 Å². The van der Waals surface area contributed by atoms with Crippen LogP contribution in [0.15, 0.2) is 18.2 Å². The monoisotopic (exact) mass is 273 g/mol. The number of phenols is 1. The van der Waals surface area contributed by atoms with E-state index in [0.717, 1.165) is 16.0 Å². The molecule has 1 aromatic carbocycles. The number of rotatable bonds is 0. The fraction of sp³-hybridized carbons (Fsp3) is 0.462. The van der Waals surface area contributed by atoms with Crippen molar-refractivity contribution in [3.8, 4) is 5.75 Å². The molecule has 0 fully saturated rings. The van der Waals surface area contributed by atoms with Gasteiger partial charge in [-0.25, -0.2) is 0 Å². The molecular weight excluding hydrogens is 259 g/mol. The molecule has 2 rings (SSSR count). The molecule has 1 N–H and O–H groups in total. The zero-order valence-electron chi connectivity index (χ0n) is 10.4. The number of hydrogen-bond donors (Lipinski definition) is 1. The summed E-state index contributed by atoms with van der Waals surface area (Å²) in [4.78, 5) is 12.2. The van der Waals surface area contributed by atoms with Crippen molar-refractivity contribution in [2.45, 2.75) is 32.0 Å². The van der Waals surface area contributed by atoms with E-state index in [0.29, 0.717) is 12.8 Å². The molecule has 0 aliphatic carbocycles. The first-order chi connectivity index (χ1) is 8.79. The number of carbonyl (C=O) groups is 1. The molecule has 0 spiro atoms. The minimum absolute atomic E-state index is 0.00988. The van der Waals surface area contributed by atoms with Crippen molar-refractivity contribution >= 4 is 5.91 Å². The third kappa shape index (κ3) is 2.83. The molecule has 1 atom stereocenters. The first kappa shape index (κ1) is 13.7. The molecule has 1 amide bonds. The van der Waals surface area contributed by atoms with Crippen LogP contribution in [0.4, 0.5) is 13.2 Å². The van der Waals surface area contributed by atoms with Crippen LogP contribution in [0.5, 0.6) is 5.75 Å². The average molecular weight is 273 g/mol. The highest BCUT2D eigenvalue weighted by Crippen LogP contribution is 2.27. The average Bonchev–Trinajstić information content (AvgIpc) is 2.45. The van der Waals surface area contributed by atoms with Crippen molar-refractivity contribution in [3.05, 3.63) is 29.3 Å². The first-order valence-electron chi connectivity index (χ1n) is 5.97. The van der Waals surface area contributed by atoms with Gasteiger partial charge in [0.15, 0.2) is 0 Å². The van der Waals surface area contributed by atoms with Crippen LogP contribution >= 0.6 is 0 Å². The van der Waals surface area contributed by atoms with Gasteiger partial charge in [-0.3, -0.25) is 4.79 Å². The fourth-order valence-corrected chi connectivity index (χ4v) is 2.40. The van der Waals surface area contributed by atoms with E-state index in [2.05, 4.69) is 0 Å². The summed E-state index contributed by atoms with van der Waals surface area (Å²) in [5.41, 5.74) is 1.67. The molecule has 1 heterocycles. The lowest BCUT2D eigenvalue weighted by atomic mass is 10.0. The maximum atomic E-state index is 12.5. The van der Waals surface area contributed by atoms with Gasteiger partial charge in [0.1, 0.15) is 5.75 Å². The van der Waals surface area contributed by atoms with Crippen LogP contribution in [0.1, 0.15) is 18.1 Å². The largest absolute Gasteiger partial charge is 0.508 e. The Hall–Kier alpha value is -1.72. The van der Waals surface area contributed by atoms with E-state index in [4.69, 9.17) is 0 Å². The smallest absolute Gasteiger partial charge is 0.471 e. The molecule has 0 aromatic heterocycles. The predicted molar refractivity (Wildman–Crippen MR) is 62.7 cm³/mol. The number of aromatic hydroxyl groups is 1. The minimum atomic E-state index is -4.84. The topological polar surface area (TPSA) is 40.5 Å². The van der Waals surface area contributed by atoms with Crippen LogP contribution in [0, 0.1) is 0 Å². The van der Waals surface area contributed by atoms with Gasteiger partial charge < -0.3 is 10.0 Å². The molecule has 1 unspecified atom stereocenters. The molecule has 1 aliphatic rings. The lowest BCUT2D eigenvalue weighted by Crippen LogP contribution is -2.46. The molecule has 6 heteroatoms. The van der Waals surface area contributed by atoms with Crippen molar-refractivity contribution in [1.82, 2.24) is 4.90 Å². The highest BCUT2D eigenvalue weighted by atomic mass is 19.4. The number of nitrogens with zero attached hydrogens (tertiary/aromatic N) is 1. The van der Waals surface area contributed by atoms with Crippen molar-refractivity contribution in [2.75, 3.05) is 6.54 Å². The molecule has 1 aromatic rings. The summed E-state index contributed by atoms with van der Waals surface area (Å²) < 4.78 is 37.5. The summed E-state index contributed by atoms with van der Waals surface area (Å²) in [6.45, 7) is 1.61. The summed E-state index contributed by atoms with van der Waals surface area (Å²) in [7, 11) is 0. The Morgan fingerprint density at radius 1 is 1.37 bits per heavy atom. The molecule has 19 heavy (non-hydrogen) atoms. The number of alkyl halides is 3. The Kier molecular flexibility index (Phi) is 3.43. The molecule has 3 nitrogen and oxygen atoms in total. The first-order valence-corrected chi connectivity index (χ1v) is 5.97. The highest BCUT2D eigenvalue weighted by Gasteiger charge is 2.44. The summed E-state index contributed by atoms with van der Waals surface area (Å²) >= 11 is 0. The van der Waals surface area contributed by atoms with E-state index in [-0.39, 0.29) is 12.3 Å². The summed E-state index contributed by atoms with van der Waals surface area (Å²) in [6.07, 6.45) is -4.17. The Morgan fingerprint density at radius 3 is 2.68 bits per heavy atom. The Morgan fingerprint density at radius 2 is 2.05 bits per heavy atom. The standard InChI is InChI=1S/C13H14F3NO2/c1-8-6-9-2-3-11(18)7-10(9)4-5-17(8)12(19)13(14,15)16/h2-3,7-8,18H,4-6H2,1H3. The maximum Gasteiger partial charge on any atom is 0.471 e. The van der Waals surface area contributed by atoms with Gasteiger partial charge in [0, 0.05) is 12.6 Å². The van der Waals surface area contributed by atoms with E-state index in [9.17, 15) is 23.1 Å². The van der Waals surface area contributed by atoms with Crippen molar-refractivity contribution in [3.63, 3.8) is 0 Å². The van der Waals surface area contributed by atoms with Gasteiger partial charge in [-0.15, -0.1) is 0 Å². The van der Waals surface area contributed by atoms with Crippen LogP contribution in [0.2, 0.25) is 0 Å². The van der Waals surface area contributed by atoms with E-state index in [1.54, 1.807) is 19.1 Å². The van der Waals surface area contributed by atoms with Crippen LogP contribution in [-0.2, 0) is 17.6 Å². The SMILES string of the molecule is CC1Cc2ccc(O)cc2CCN1C(=O)C(F)(F)F. The number of amides is 1. The third-order valence-electron chi connectivity index (χ3n) is 3.36. The number of hydrogen-bond acceptors (Lipinski definition) is 2. The number of phenolic OH excluding ortho intramolecular Hbond substituents is 1. The number of fused-ring (bicyclic) bond motifs is 1. The summed E-state index contributed by atoms with van der Waals surface area (Å²) in [5, 5.41) is 9.39. The van der Waals surface area contributed by atoms with Crippen molar-refractivity contribution in [2.24, 2.45) is 0 Å². The lowest BCUT2D eigenvalue weighted by Gasteiger charge is -2.27. The van der Waals surface area contributed by atoms with Gasteiger partial charge in [-0.2, -0.15) is 13.2 Å². The van der Waals surface area contributed by atoms with Crippen molar-refractivity contribution < 1.29 is 23.1 Å². The van der Waals surface area contributed by atoms with Crippen LogP contribution in [0.25, 0.3) is 0 Å². The zero-order chi connectivity index (χ0) is 14.2. The molecule has 0 bridgehead atoms. The summed E-state index contributed by atoms with van der Waals surface area (Å²) in [5.74, 6) is -1.71. The van der Waals surface area contributed by atoms with Crippen LogP contribution in [0.3, 0.4) is 0 Å². The van der Waals surface area contributed by atoms with E-state index >= 15 is 0 Å². The zero-order valence-corrected chi connectivity index (χ0v) is 10.4. The normalized spacial score (nSPS) is 19.8. The molecular formula is C13H14F3NO2. The van der Waals surface area contributed by atoms with Gasteiger partial charge in [0.25, 0.3) is 0 Å². The van der Waals surface area contributed by atoms with Gasteiger partial charge in [-0.05, 0) is 43.0 Å². The second kappa shape index (κ2) is 4.75. The molecule has 1 aliphatic heterocycles. The molecule has 0 radical (unpaired) electrons. The van der Waals surface area contributed by atoms with Crippen molar-refractivity contribution in [1.29, 1.82) is 0 Å². The van der Waals surface area contributed by atoms with Crippen LogP contribution < -0.4 is 0 Å². The van der Waals surface area contributed by atoms with Crippen LogP contribution in [-0.4, -0.2) is 34.7 Å². The minimum Gasteiger partial charge on any atom is -0.508 e. The number of benzene rings is 1. The molecule has 0 saturated carbocycles. The number of carbonyl (C=O) groups excluding carboxylic acids is 1. The Labute approximate surface area is 108 Å². The second-order valence-corrected chi connectivity index (χ2v) is 4.75. The predicted octanol–water partition coefficient (Wildman–Crippen LogP) is 2.27. The second-order valence-electron chi connectivity index (χ2n) is 4.75.